The smallest absolute Gasteiger partial charge is 0.289 e. The summed E-state index contributed by atoms with van der Waals surface area (Å²) in [6, 6.07) is 8.92. The lowest BCUT2D eigenvalue weighted by molar-refractivity contribution is 0.0621. The number of alkyl halides is 1. The molecule has 4 atom stereocenters. The van der Waals surface area contributed by atoms with Gasteiger partial charge in [0.15, 0.2) is 11.6 Å². The summed E-state index contributed by atoms with van der Waals surface area (Å²) in [5, 5.41) is 20.3. The number of furan rings is 1. The Morgan fingerprint density at radius 3 is 2.66 bits per heavy atom. The van der Waals surface area contributed by atoms with Crippen molar-refractivity contribution in [3.8, 4) is 17.0 Å². The van der Waals surface area contributed by atoms with Gasteiger partial charge in [0.1, 0.15) is 17.5 Å². The molecule has 3 saturated carbocycles. The van der Waals surface area contributed by atoms with Gasteiger partial charge >= 0.3 is 0 Å². The van der Waals surface area contributed by atoms with Gasteiger partial charge in [0.2, 0.25) is 0 Å². The summed E-state index contributed by atoms with van der Waals surface area (Å²) >= 11 is 0. The number of hydrogen-bond donors (Lipinski definition) is 1. The first-order valence-corrected chi connectivity index (χ1v) is 12.9. The molecule has 3 heterocycles. The third-order valence-electron chi connectivity index (χ3n) is 8.45. The molecule has 1 aromatic carbocycles. The van der Waals surface area contributed by atoms with Crippen LogP contribution in [0.4, 0.5) is 10.2 Å². The third-order valence-corrected chi connectivity index (χ3v) is 8.45. The van der Waals surface area contributed by atoms with Gasteiger partial charge in [0.05, 0.1) is 11.7 Å². The van der Waals surface area contributed by atoms with Gasteiger partial charge < -0.3 is 19.3 Å². The minimum absolute atomic E-state index is 0.0510. The Hall–Kier alpha value is -3.16. The lowest BCUT2D eigenvalue weighted by Gasteiger charge is -2.40. The van der Waals surface area contributed by atoms with Gasteiger partial charge in [-0.1, -0.05) is 0 Å². The average Bonchev–Trinajstić information content (AvgIpc) is 3.43. The number of rotatable bonds is 5. The van der Waals surface area contributed by atoms with Crippen LogP contribution in [-0.2, 0) is 0 Å². The van der Waals surface area contributed by atoms with Crippen molar-refractivity contribution in [3.05, 3.63) is 36.1 Å². The Bertz CT molecular complexity index is 1280. The molecular weight excluding hydrogens is 447 g/mol. The van der Waals surface area contributed by atoms with E-state index in [0.29, 0.717) is 40.0 Å². The fourth-order valence-corrected chi connectivity index (χ4v) is 6.32. The van der Waals surface area contributed by atoms with Crippen LogP contribution in [0, 0.1) is 11.8 Å². The van der Waals surface area contributed by atoms with Crippen LogP contribution in [0.1, 0.15) is 55.5 Å². The predicted octanol–water partition coefficient (Wildman–Crippen LogP) is 4.94. The largest absolute Gasteiger partial charge is 0.507 e. The molecule has 2 aromatic heterocycles. The maximum atomic E-state index is 15.4. The molecule has 7 nitrogen and oxygen atoms in total. The molecule has 35 heavy (non-hydrogen) atoms. The van der Waals surface area contributed by atoms with Crippen molar-refractivity contribution in [2.24, 2.45) is 11.8 Å². The van der Waals surface area contributed by atoms with E-state index in [4.69, 9.17) is 4.42 Å². The van der Waals surface area contributed by atoms with Crippen molar-refractivity contribution < 1.29 is 18.7 Å². The van der Waals surface area contributed by atoms with Gasteiger partial charge in [-0.05, 0) is 87.1 Å². The zero-order chi connectivity index (χ0) is 23.7. The topological polar surface area (TPSA) is 82.7 Å². The number of phenols is 1. The highest BCUT2D eigenvalue weighted by atomic mass is 19.1. The normalized spacial score (nSPS) is 27.7. The van der Waals surface area contributed by atoms with Gasteiger partial charge in [0, 0.05) is 30.1 Å². The van der Waals surface area contributed by atoms with Gasteiger partial charge in [-0.2, -0.15) is 0 Å². The zero-order valence-electron chi connectivity index (χ0n) is 19.6. The first-order chi connectivity index (χ1) is 17.0. The summed E-state index contributed by atoms with van der Waals surface area (Å²) in [6.45, 7) is 1.50. The lowest BCUT2D eigenvalue weighted by atomic mass is 9.83. The Morgan fingerprint density at radius 2 is 1.94 bits per heavy atom. The molecule has 3 aliphatic carbocycles. The molecule has 1 N–H and O–H groups in total. The van der Waals surface area contributed by atoms with Crippen molar-refractivity contribution in [1.82, 2.24) is 15.1 Å². The number of hydrogen-bond acceptors (Lipinski definition) is 6. The minimum Gasteiger partial charge on any atom is -0.507 e. The number of aromatic hydroxyl groups is 1. The summed E-state index contributed by atoms with van der Waals surface area (Å²) in [4.78, 5) is 16.4. The number of carbonyl (C=O) groups is 1. The second kappa shape index (κ2) is 7.93. The number of anilines is 1. The van der Waals surface area contributed by atoms with E-state index in [2.05, 4.69) is 15.1 Å². The molecule has 2 bridgehead atoms. The SMILES string of the molecule is O=C(c1cc2cc(O)c(-c3ccc(N(C4CC4)[C@@H]4C[C@H]5CC[C@H](C5)[C@@H]4F)nn3)cc2o1)N1CCC1. The number of fused-ring (bicyclic) bond motifs is 3. The molecule has 182 valence electrons. The average molecular weight is 477 g/mol. The highest BCUT2D eigenvalue weighted by molar-refractivity contribution is 5.97. The van der Waals surface area contributed by atoms with E-state index in [1.807, 2.05) is 12.1 Å². The van der Waals surface area contributed by atoms with Gasteiger partial charge in [-0.25, -0.2) is 4.39 Å². The van der Waals surface area contributed by atoms with Crippen LogP contribution in [-0.4, -0.2) is 57.5 Å². The Morgan fingerprint density at radius 1 is 1.09 bits per heavy atom. The maximum absolute atomic E-state index is 15.4. The van der Waals surface area contributed by atoms with Gasteiger partial charge in [-0.3, -0.25) is 4.79 Å². The molecule has 4 aliphatic rings. The number of halogens is 1. The summed E-state index contributed by atoms with van der Waals surface area (Å²) in [6.07, 6.45) is 6.40. The van der Waals surface area contributed by atoms with E-state index >= 15 is 4.39 Å². The minimum atomic E-state index is -0.811. The Kier molecular flexibility index (Phi) is 4.79. The maximum Gasteiger partial charge on any atom is 0.289 e. The molecule has 1 aliphatic heterocycles. The van der Waals surface area contributed by atoms with Crippen LogP contribution in [0.5, 0.6) is 5.75 Å². The second-order valence-electron chi connectivity index (χ2n) is 10.8. The van der Waals surface area contributed by atoms with Crippen LogP contribution >= 0.6 is 0 Å². The van der Waals surface area contributed by atoms with Gasteiger partial charge in [0.25, 0.3) is 5.91 Å². The zero-order valence-corrected chi connectivity index (χ0v) is 19.6. The number of carbonyl (C=O) groups excluding carboxylic acids is 1. The van der Waals surface area contributed by atoms with Crippen LogP contribution in [0.3, 0.4) is 0 Å². The fraction of sp³-hybridized carbons (Fsp3) is 0.519. The molecule has 3 aromatic rings. The van der Waals surface area contributed by atoms with Crippen molar-refractivity contribution in [2.75, 3.05) is 18.0 Å². The first-order valence-electron chi connectivity index (χ1n) is 12.9. The standard InChI is InChI=1S/C27H29FN4O3/c28-26-16-3-2-15(10-16)11-21(26)32(18-4-5-18)25-7-6-20(29-30-25)19-14-23-17(12-22(19)33)13-24(35-23)27(34)31-8-1-9-31/h6-7,12-16,18,21,26,33H,1-5,8-11H2/t15-,16+,21+,26-/m0/s1. The fourth-order valence-electron chi connectivity index (χ4n) is 6.32. The molecule has 0 spiro atoms. The van der Waals surface area contributed by atoms with E-state index in [0.717, 1.165) is 58.0 Å². The van der Waals surface area contributed by atoms with Crippen LogP contribution in [0.25, 0.3) is 22.2 Å². The summed E-state index contributed by atoms with van der Waals surface area (Å²) < 4.78 is 21.2. The van der Waals surface area contributed by atoms with E-state index in [1.54, 1.807) is 23.1 Å². The molecule has 1 saturated heterocycles. The number of phenolic OH excluding ortho intramolecular Hbond substituents is 1. The number of nitrogens with zero attached hydrogens (tertiary/aromatic N) is 4. The van der Waals surface area contributed by atoms with E-state index in [1.165, 1.54) is 0 Å². The number of likely N-dealkylation sites (tertiary alicyclic amines) is 1. The van der Waals surface area contributed by atoms with Crippen LogP contribution in [0.2, 0.25) is 0 Å². The summed E-state index contributed by atoms with van der Waals surface area (Å²) in [5.41, 5.74) is 1.52. The second-order valence-corrected chi connectivity index (χ2v) is 10.8. The van der Waals surface area contributed by atoms with Crippen molar-refractivity contribution in [1.29, 1.82) is 0 Å². The molecular formula is C27H29FN4O3. The van der Waals surface area contributed by atoms with E-state index in [9.17, 15) is 9.90 Å². The molecule has 8 heteroatoms. The lowest BCUT2D eigenvalue weighted by Crippen LogP contribution is -2.49. The van der Waals surface area contributed by atoms with Gasteiger partial charge in [-0.15, -0.1) is 10.2 Å². The van der Waals surface area contributed by atoms with E-state index < -0.39 is 6.17 Å². The molecule has 0 unspecified atom stereocenters. The Labute approximate surface area is 202 Å². The summed E-state index contributed by atoms with van der Waals surface area (Å²) in [5.74, 6) is 1.73. The molecule has 1 amide bonds. The van der Waals surface area contributed by atoms with Crippen molar-refractivity contribution in [3.63, 3.8) is 0 Å². The number of aromatic nitrogens is 2. The summed E-state index contributed by atoms with van der Waals surface area (Å²) in [7, 11) is 0. The monoisotopic (exact) mass is 476 g/mol. The first kappa shape index (κ1) is 21.1. The molecule has 4 fully saturated rings. The Balaban J connectivity index is 1.17. The van der Waals surface area contributed by atoms with Crippen molar-refractivity contribution >= 4 is 22.7 Å². The van der Waals surface area contributed by atoms with Crippen LogP contribution in [0.15, 0.2) is 34.7 Å². The highest BCUT2D eigenvalue weighted by Crippen LogP contribution is 2.48. The quantitative estimate of drug-likeness (QED) is 0.562. The number of amides is 1. The number of benzene rings is 1. The third kappa shape index (κ3) is 3.56. The van der Waals surface area contributed by atoms with Crippen molar-refractivity contribution in [2.45, 2.75) is 63.2 Å². The predicted molar refractivity (Wildman–Crippen MR) is 129 cm³/mol. The highest BCUT2D eigenvalue weighted by Gasteiger charge is 2.48. The molecule has 0 radical (unpaired) electrons. The van der Waals surface area contributed by atoms with E-state index in [-0.39, 0.29) is 29.4 Å². The molecule has 7 rings (SSSR count). The van der Waals surface area contributed by atoms with Crippen LogP contribution < -0.4 is 4.90 Å².